The van der Waals surface area contributed by atoms with Gasteiger partial charge in [-0.05, 0) is 12.8 Å². The van der Waals surface area contributed by atoms with Crippen molar-refractivity contribution in [3.05, 3.63) is 24.5 Å². The zero-order valence-corrected chi connectivity index (χ0v) is 14.4. The third-order valence-electron chi connectivity index (χ3n) is 4.16. The van der Waals surface area contributed by atoms with Crippen molar-refractivity contribution in [2.45, 2.75) is 38.1 Å². The molecule has 142 valence electrons. The average Bonchev–Trinajstić information content (AvgIpc) is 3.00. The number of anilines is 2. The van der Waals surface area contributed by atoms with Gasteiger partial charge in [-0.3, -0.25) is 0 Å². The van der Waals surface area contributed by atoms with Gasteiger partial charge in [0.1, 0.15) is 18.7 Å². The van der Waals surface area contributed by atoms with Crippen LogP contribution in [-0.2, 0) is 13.1 Å². The van der Waals surface area contributed by atoms with Crippen LogP contribution in [0.5, 0.6) is 0 Å². The molecule has 0 radical (unpaired) electrons. The van der Waals surface area contributed by atoms with Gasteiger partial charge in [0.2, 0.25) is 11.9 Å². The lowest BCUT2D eigenvalue weighted by Gasteiger charge is -2.31. The van der Waals surface area contributed by atoms with Crippen molar-refractivity contribution in [1.82, 2.24) is 24.5 Å². The fourth-order valence-corrected chi connectivity index (χ4v) is 2.92. The smallest absolute Gasteiger partial charge is 0.339 e. The van der Waals surface area contributed by atoms with Gasteiger partial charge in [0, 0.05) is 38.6 Å². The highest BCUT2D eigenvalue weighted by molar-refractivity contribution is 5.38. The third-order valence-corrected chi connectivity index (χ3v) is 4.16. The first-order chi connectivity index (χ1) is 12.3. The van der Waals surface area contributed by atoms with E-state index in [1.165, 1.54) is 18.7 Å². The summed E-state index contributed by atoms with van der Waals surface area (Å²) in [6.45, 7) is 0.552. The van der Waals surface area contributed by atoms with Crippen LogP contribution < -0.4 is 15.5 Å². The quantitative estimate of drug-likeness (QED) is 0.846. The normalized spacial score (nSPS) is 18.2. The first-order valence-electron chi connectivity index (χ1n) is 8.29. The standard InChI is InChI=1S/C15H21F3N8/c1-24(8-12-20-4-6-26(12)9-15(16,17)18)13-21-10-22-14(23-13)25-5-2-3-11(19)7-25/h4,6,10-11H,2-3,5,7-9,19H2,1H3. The average molecular weight is 370 g/mol. The number of piperidine rings is 1. The molecule has 1 unspecified atom stereocenters. The van der Waals surface area contributed by atoms with Crippen LogP contribution in [0.25, 0.3) is 0 Å². The van der Waals surface area contributed by atoms with Crippen LogP contribution in [0.2, 0.25) is 0 Å². The van der Waals surface area contributed by atoms with Gasteiger partial charge in [0.05, 0.1) is 6.54 Å². The molecule has 2 N–H and O–H groups in total. The van der Waals surface area contributed by atoms with Gasteiger partial charge in [-0.25, -0.2) is 15.0 Å². The fourth-order valence-electron chi connectivity index (χ4n) is 2.92. The van der Waals surface area contributed by atoms with Crippen molar-refractivity contribution in [3.8, 4) is 0 Å². The van der Waals surface area contributed by atoms with Gasteiger partial charge >= 0.3 is 6.18 Å². The van der Waals surface area contributed by atoms with Gasteiger partial charge in [0.15, 0.2) is 0 Å². The molecule has 1 aliphatic rings. The highest BCUT2D eigenvalue weighted by Gasteiger charge is 2.29. The minimum atomic E-state index is -4.30. The van der Waals surface area contributed by atoms with Crippen LogP contribution >= 0.6 is 0 Å². The van der Waals surface area contributed by atoms with E-state index in [4.69, 9.17) is 5.73 Å². The minimum Gasteiger partial charge on any atom is -0.339 e. The molecule has 3 rings (SSSR count). The Morgan fingerprint density at radius 3 is 2.85 bits per heavy atom. The van der Waals surface area contributed by atoms with Gasteiger partial charge in [0.25, 0.3) is 0 Å². The van der Waals surface area contributed by atoms with Crippen molar-refractivity contribution in [2.24, 2.45) is 5.73 Å². The predicted molar refractivity (Wildman–Crippen MR) is 89.6 cm³/mol. The van der Waals surface area contributed by atoms with Crippen LogP contribution in [0.4, 0.5) is 25.1 Å². The summed E-state index contributed by atoms with van der Waals surface area (Å²) < 4.78 is 39.0. The van der Waals surface area contributed by atoms with E-state index < -0.39 is 12.7 Å². The molecular weight excluding hydrogens is 349 g/mol. The maximum Gasteiger partial charge on any atom is 0.406 e. The number of hydrogen-bond donors (Lipinski definition) is 1. The lowest BCUT2D eigenvalue weighted by atomic mass is 10.1. The van der Waals surface area contributed by atoms with Gasteiger partial charge in [-0.15, -0.1) is 0 Å². The molecule has 0 aromatic carbocycles. The molecular formula is C15H21F3N8. The van der Waals surface area contributed by atoms with Crippen molar-refractivity contribution >= 4 is 11.9 Å². The molecule has 1 fully saturated rings. The third kappa shape index (κ3) is 4.59. The lowest BCUT2D eigenvalue weighted by Crippen LogP contribution is -2.43. The van der Waals surface area contributed by atoms with Crippen LogP contribution in [-0.4, -0.2) is 56.9 Å². The second-order valence-corrected chi connectivity index (χ2v) is 6.38. The summed E-state index contributed by atoms with van der Waals surface area (Å²) >= 11 is 0. The Labute approximate surface area is 148 Å². The van der Waals surface area contributed by atoms with E-state index >= 15 is 0 Å². The molecule has 2 aromatic rings. The summed E-state index contributed by atoms with van der Waals surface area (Å²) in [5.41, 5.74) is 5.99. The summed E-state index contributed by atoms with van der Waals surface area (Å²) in [5, 5.41) is 0. The Hall–Kier alpha value is -2.43. The second-order valence-electron chi connectivity index (χ2n) is 6.38. The number of halogens is 3. The number of nitrogens with two attached hydrogens (primary N) is 1. The summed E-state index contributed by atoms with van der Waals surface area (Å²) in [6, 6.07) is 0.0801. The van der Waals surface area contributed by atoms with Crippen molar-refractivity contribution in [3.63, 3.8) is 0 Å². The van der Waals surface area contributed by atoms with Crippen molar-refractivity contribution < 1.29 is 13.2 Å². The Bertz CT molecular complexity index is 732. The maximum atomic E-state index is 12.6. The van der Waals surface area contributed by atoms with E-state index in [1.807, 2.05) is 4.90 Å². The van der Waals surface area contributed by atoms with E-state index in [9.17, 15) is 13.2 Å². The number of hydrogen-bond acceptors (Lipinski definition) is 7. The first-order valence-corrected chi connectivity index (χ1v) is 8.29. The molecule has 2 aromatic heterocycles. The molecule has 0 saturated carbocycles. The van der Waals surface area contributed by atoms with Crippen LogP contribution in [0.1, 0.15) is 18.7 Å². The van der Waals surface area contributed by atoms with Crippen LogP contribution in [0.15, 0.2) is 18.7 Å². The molecule has 0 amide bonds. The van der Waals surface area contributed by atoms with Gasteiger partial charge in [-0.2, -0.15) is 18.2 Å². The summed E-state index contributed by atoms with van der Waals surface area (Å²) in [7, 11) is 1.70. The maximum absolute atomic E-state index is 12.6. The zero-order chi connectivity index (χ0) is 18.7. The molecule has 26 heavy (non-hydrogen) atoms. The second kappa shape index (κ2) is 7.44. The summed E-state index contributed by atoms with van der Waals surface area (Å²) in [6.07, 6.45) is 1.69. The van der Waals surface area contributed by atoms with Crippen LogP contribution in [0.3, 0.4) is 0 Å². The molecule has 0 bridgehead atoms. The van der Waals surface area contributed by atoms with Gasteiger partial charge in [-0.1, -0.05) is 0 Å². The molecule has 3 heterocycles. The minimum absolute atomic E-state index is 0.0801. The Morgan fingerprint density at radius 1 is 1.31 bits per heavy atom. The van der Waals surface area contributed by atoms with E-state index in [1.54, 1.807) is 11.9 Å². The molecule has 1 aliphatic heterocycles. The monoisotopic (exact) mass is 370 g/mol. The fraction of sp³-hybridized carbons (Fsp3) is 0.600. The largest absolute Gasteiger partial charge is 0.406 e. The Morgan fingerprint density at radius 2 is 2.12 bits per heavy atom. The number of nitrogens with zero attached hydrogens (tertiary/aromatic N) is 7. The van der Waals surface area contributed by atoms with Gasteiger partial charge < -0.3 is 20.1 Å². The highest BCUT2D eigenvalue weighted by atomic mass is 19.4. The SMILES string of the molecule is CN(Cc1nccn1CC(F)(F)F)c1ncnc(N2CCCC(N)C2)n1. The molecule has 8 nitrogen and oxygen atoms in total. The topological polar surface area (TPSA) is 89.0 Å². The predicted octanol–water partition coefficient (Wildman–Crippen LogP) is 1.19. The number of alkyl halides is 3. The summed E-state index contributed by atoms with van der Waals surface area (Å²) in [5.74, 6) is 1.18. The molecule has 1 atom stereocenters. The molecule has 0 aliphatic carbocycles. The highest BCUT2D eigenvalue weighted by Crippen LogP contribution is 2.20. The van der Waals surface area contributed by atoms with E-state index in [0.717, 1.165) is 24.0 Å². The number of imidazole rings is 1. The first kappa shape index (κ1) is 18.4. The molecule has 11 heteroatoms. The van der Waals surface area contributed by atoms with Crippen LogP contribution in [0, 0.1) is 0 Å². The lowest BCUT2D eigenvalue weighted by molar-refractivity contribution is -0.141. The zero-order valence-electron chi connectivity index (χ0n) is 14.4. The van der Waals surface area contributed by atoms with Crippen molar-refractivity contribution in [2.75, 3.05) is 29.9 Å². The summed E-state index contributed by atoms with van der Waals surface area (Å²) in [4.78, 5) is 20.4. The van der Waals surface area contributed by atoms with E-state index in [0.29, 0.717) is 18.4 Å². The molecule has 1 saturated heterocycles. The molecule has 0 spiro atoms. The number of rotatable bonds is 5. The van der Waals surface area contributed by atoms with Crippen molar-refractivity contribution in [1.29, 1.82) is 0 Å². The Balaban J connectivity index is 1.72. The van der Waals surface area contributed by atoms with E-state index in [-0.39, 0.29) is 18.4 Å². The van der Waals surface area contributed by atoms with E-state index in [2.05, 4.69) is 19.9 Å². The number of aromatic nitrogens is 5. The Kier molecular flexibility index (Phi) is 5.25.